The molecule has 0 unspecified atom stereocenters. The highest BCUT2D eigenvalue weighted by atomic mass is 35.5. The molecule has 0 bridgehead atoms. The van der Waals surface area contributed by atoms with Gasteiger partial charge in [0.25, 0.3) is 0 Å². The molecule has 8 heteroatoms. The molecule has 0 aliphatic rings. The lowest BCUT2D eigenvalue weighted by Crippen LogP contribution is -2.18. The van der Waals surface area contributed by atoms with E-state index in [-0.39, 0.29) is 6.54 Å². The van der Waals surface area contributed by atoms with Gasteiger partial charge in [0.2, 0.25) is 5.88 Å². The SMILES string of the molecule is CC(C)Cc1cc(OC(=O)Nc2nccs2)n(Cc2c(F)cccc2Cl)c1. The number of benzene rings is 1. The quantitative estimate of drug-likeness (QED) is 0.579. The van der Waals surface area contributed by atoms with Crippen LogP contribution in [0, 0.1) is 11.7 Å². The van der Waals surface area contributed by atoms with E-state index in [4.69, 9.17) is 16.3 Å². The summed E-state index contributed by atoms with van der Waals surface area (Å²) in [6.45, 7) is 4.35. The van der Waals surface area contributed by atoms with Crippen LogP contribution >= 0.6 is 22.9 Å². The maximum atomic E-state index is 14.2. The largest absolute Gasteiger partial charge is 0.420 e. The van der Waals surface area contributed by atoms with Crippen molar-refractivity contribution in [3.63, 3.8) is 0 Å². The lowest BCUT2D eigenvalue weighted by Gasteiger charge is -2.11. The van der Waals surface area contributed by atoms with Crippen molar-refractivity contribution >= 4 is 34.2 Å². The van der Waals surface area contributed by atoms with Gasteiger partial charge in [0, 0.05) is 34.4 Å². The van der Waals surface area contributed by atoms with E-state index in [2.05, 4.69) is 24.1 Å². The van der Waals surface area contributed by atoms with E-state index in [1.165, 1.54) is 17.4 Å². The maximum Gasteiger partial charge on any atom is 0.420 e. The van der Waals surface area contributed by atoms with Crippen molar-refractivity contribution < 1.29 is 13.9 Å². The van der Waals surface area contributed by atoms with E-state index < -0.39 is 11.9 Å². The molecule has 0 saturated heterocycles. The number of hydrogen-bond acceptors (Lipinski definition) is 4. The Bertz CT molecular complexity index is 905. The number of nitrogens with one attached hydrogen (secondary N) is 1. The Hall–Kier alpha value is -2.38. The second-order valence-electron chi connectivity index (χ2n) is 6.46. The van der Waals surface area contributed by atoms with Gasteiger partial charge in [-0.05, 0) is 30.0 Å². The van der Waals surface area contributed by atoms with Crippen LogP contribution in [-0.2, 0) is 13.0 Å². The zero-order valence-electron chi connectivity index (χ0n) is 14.9. The van der Waals surface area contributed by atoms with Crippen molar-refractivity contribution in [1.29, 1.82) is 0 Å². The molecule has 0 radical (unpaired) electrons. The lowest BCUT2D eigenvalue weighted by atomic mass is 10.1. The molecule has 0 saturated carbocycles. The summed E-state index contributed by atoms with van der Waals surface area (Å²) in [5.74, 6) is 0.341. The molecule has 0 atom stereocenters. The third-order valence-electron chi connectivity index (χ3n) is 3.79. The van der Waals surface area contributed by atoms with Gasteiger partial charge in [0.1, 0.15) is 5.82 Å². The maximum absolute atomic E-state index is 14.2. The van der Waals surface area contributed by atoms with Crippen LogP contribution in [0.5, 0.6) is 5.88 Å². The molecule has 27 heavy (non-hydrogen) atoms. The molecule has 0 fully saturated rings. The first-order chi connectivity index (χ1) is 12.9. The van der Waals surface area contributed by atoms with Gasteiger partial charge in [-0.3, -0.25) is 5.32 Å². The van der Waals surface area contributed by atoms with E-state index in [0.29, 0.717) is 27.5 Å². The third-order valence-corrected chi connectivity index (χ3v) is 4.83. The number of amides is 1. The molecule has 2 aromatic heterocycles. The van der Waals surface area contributed by atoms with E-state index >= 15 is 0 Å². The van der Waals surface area contributed by atoms with Crippen LogP contribution in [0.1, 0.15) is 25.0 Å². The molecule has 1 N–H and O–H groups in total. The number of rotatable bonds is 6. The number of nitrogens with zero attached hydrogens (tertiary/aromatic N) is 2. The summed E-state index contributed by atoms with van der Waals surface area (Å²) in [5.41, 5.74) is 1.34. The summed E-state index contributed by atoms with van der Waals surface area (Å²) < 4.78 is 21.3. The monoisotopic (exact) mass is 407 g/mol. The van der Waals surface area contributed by atoms with Crippen LogP contribution < -0.4 is 10.1 Å². The van der Waals surface area contributed by atoms with Gasteiger partial charge in [0.05, 0.1) is 6.54 Å². The fraction of sp³-hybridized carbons (Fsp3) is 0.263. The Morgan fingerprint density at radius 1 is 1.44 bits per heavy atom. The Kier molecular flexibility index (Phi) is 6.13. The smallest absolute Gasteiger partial charge is 0.393 e. The Morgan fingerprint density at radius 3 is 2.93 bits per heavy atom. The van der Waals surface area contributed by atoms with Crippen LogP contribution in [0.3, 0.4) is 0 Å². The average Bonchev–Trinajstić information content (AvgIpc) is 3.21. The predicted molar refractivity (Wildman–Crippen MR) is 105 cm³/mol. The summed E-state index contributed by atoms with van der Waals surface area (Å²) in [5, 5.41) is 5.08. The summed E-state index contributed by atoms with van der Waals surface area (Å²) in [4.78, 5) is 16.2. The molecule has 1 aromatic carbocycles. The van der Waals surface area contributed by atoms with E-state index in [0.717, 1.165) is 12.0 Å². The molecule has 0 spiro atoms. The zero-order chi connectivity index (χ0) is 19.4. The first-order valence-corrected chi connectivity index (χ1v) is 9.68. The standard InChI is InChI=1S/C19H19ClFN3O2S/c1-12(2)8-13-9-17(26-19(25)23-18-22-6-7-27-18)24(10-13)11-14-15(20)4-3-5-16(14)21/h3-7,9-10,12H,8,11H2,1-2H3,(H,22,23,25). The second-order valence-corrected chi connectivity index (χ2v) is 7.77. The van der Waals surface area contributed by atoms with Crippen LogP contribution in [0.4, 0.5) is 14.3 Å². The number of carbonyl (C=O) groups is 1. The van der Waals surface area contributed by atoms with Gasteiger partial charge in [-0.1, -0.05) is 31.5 Å². The zero-order valence-corrected chi connectivity index (χ0v) is 16.5. The Morgan fingerprint density at radius 2 is 2.26 bits per heavy atom. The van der Waals surface area contributed by atoms with Crippen LogP contribution in [-0.4, -0.2) is 15.6 Å². The normalized spacial score (nSPS) is 11.0. The topological polar surface area (TPSA) is 56.1 Å². The number of halogens is 2. The number of thiazole rings is 1. The van der Waals surface area contributed by atoms with Gasteiger partial charge in [0.15, 0.2) is 5.13 Å². The summed E-state index contributed by atoms with van der Waals surface area (Å²) >= 11 is 7.43. The highest BCUT2D eigenvalue weighted by Gasteiger charge is 2.16. The summed E-state index contributed by atoms with van der Waals surface area (Å²) in [7, 11) is 0. The van der Waals surface area contributed by atoms with Crippen molar-refractivity contribution in [3.05, 3.63) is 64.0 Å². The molecule has 5 nitrogen and oxygen atoms in total. The highest BCUT2D eigenvalue weighted by molar-refractivity contribution is 7.13. The van der Waals surface area contributed by atoms with Crippen molar-refractivity contribution in [3.8, 4) is 5.88 Å². The fourth-order valence-electron chi connectivity index (χ4n) is 2.68. The van der Waals surface area contributed by atoms with E-state index in [9.17, 15) is 9.18 Å². The molecular formula is C19H19ClFN3O2S. The van der Waals surface area contributed by atoms with Crippen LogP contribution in [0.25, 0.3) is 0 Å². The third kappa shape index (κ3) is 5.08. The van der Waals surface area contributed by atoms with Crippen molar-refractivity contribution in [2.24, 2.45) is 5.92 Å². The molecule has 2 heterocycles. The second kappa shape index (κ2) is 8.54. The number of carbonyl (C=O) groups excluding carboxylic acids is 1. The molecule has 0 aliphatic heterocycles. The molecule has 0 aliphatic carbocycles. The van der Waals surface area contributed by atoms with Crippen LogP contribution in [0.15, 0.2) is 42.0 Å². The van der Waals surface area contributed by atoms with E-state index in [1.54, 1.807) is 34.3 Å². The Balaban J connectivity index is 1.84. The Labute approximate surface area is 165 Å². The molecule has 3 rings (SSSR count). The van der Waals surface area contributed by atoms with Gasteiger partial charge in [-0.15, -0.1) is 11.3 Å². The van der Waals surface area contributed by atoms with Gasteiger partial charge < -0.3 is 9.30 Å². The van der Waals surface area contributed by atoms with E-state index in [1.807, 2.05) is 6.20 Å². The summed E-state index contributed by atoms with van der Waals surface area (Å²) in [6, 6.07) is 6.33. The number of hydrogen-bond donors (Lipinski definition) is 1. The molecular weight excluding hydrogens is 389 g/mol. The first-order valence-electron chi connectivity index (χ1n) is 8.42. The number of aromatic nitrogens is 2. The van der Waals surface area contributed by atoms with Gasteiger partial charge >= 0.3 is 6.09 Å². The predicted octanol–water partition coefficient (Wildman–Crippen LogP) is 5.59. The van der Waals surface area contributed by atoms with Gasteiger partial charge in [-0.2, -0.15) is 0 Å². The van der Waals surface area contributed by atoms with Crippen LogP contribution in [0.2, 0.25) is 5.02 Å². The average molecular weight is 408 g/mol. The summed E-state index contributed by atoms with van der Waals surface area (Å²) in [6.07, 6.45) is 3.60. The first kappa shape index (κ1) is 19.4. The van der Waals surface area contributed by atoms with Gasteiger partial charge in [-0.25, -0.2) is 14.2 Å². The highest BCUT2D eigenvalue weighted by Crippen LogP contribution is 2.26. The minimum absolute atomic E-state index is 0.156. The lowest BCUT2D eigenvalue weighted by molar-refractivity contribution is 0.211. The minimum atomic E-state index is -0.653. The number of ether oxygens (including phenoxy) is 1. The number of anilines is 1. The van der Waals surface area contributed by atoms with Crippen molar-refractivity contribution in [2.45, 2.75) is 26.8 Å². The van der Waals surface area contributed by atoms with Crippen molar-refractivity contribution in [2.75, 3.05) is 5.32 Å². The fourth-order valence-corrected chi connectivity index (χ4v) is 3.42. The van der Waals surface area contributed by atoms with Crippen molar-refractivity contribution in [1.82, 2.24) is 9.55 Å². The molecule has 142 valence electrons. The molecule has 3 aromatic rings. The molecule has 1 amide bonds. The minimum Gasteiger partial charge on any atom is -0.393 e.